The number of carbonyl (C=O) groups is 1. The normalized spacial score (nSPS) is 15.4. The van der Waals surface area contributed by atoms with Gasteiger partial charge < -0.3 is 14.2 Å². The Morgan fingerprint density at radius 2 is 1.95 bits per heavy atom. The molecule has 0 aliphatic carbocycles. The van der Waals surface area contributed by atoms with Crippen LogP contribution >= 0.6 is 0 Å². The molecule has 0 atom stereocenters. The molecule has 4 nitrogen and oxygen atoms in total. The molecule has 20 heavy (non-hydrogen) atoms. The Bertz CT molecular complexity index is 584. The zero-order valence-corrected chi connectivity index (χ0v) is 11.6. The van der Waals surface area contributed by atoms with Crippen LogP contribution < -0.4 is 4.90 Å². The van der Waals surface area contributed by atoms with E-state index in [4.69, 9.17) is 4.42 Å². The van der Waals surface area contributed by atoms with E-state index < -0.39 is 0 Å². The van der Waals surface area contributed by atoms with Crippen LogP contribution in [0.2, 0.25) is 0 Å². The fraction of sp³-hybridized carbons (Fsp3) is 0.312. The quantitative estimate of drug-likeness (QED) is 0.841. The number of carbonyl (C=O) groups excluding carboxylic acids is 1. The van der Waals surface area contributed by atoms with Crippen molar-refractivity contribution in [1.82, 2.24) is 4.90 Å². The first kappa shape index (κ1) is 12.8. The summed E-state index contributed by atoms with van der Waals surface area (Å²) in [5, 5.41) is 0. The van der Waals surface area contributed by atoms with Crippen molar-refractivity contribution in [1.29, 1.82) is 0 Å². The second kappa shape index (κ2) is 5.41. The second-order valence-corrected chi connectivity index (χ2v) is 5.13. The van der Waals surface area contributed by atoms with E-state index in [1.807, 2.05) is 4.90 Å². The third kappa shape index (κ3) is 2.54. The lowest BCUT2D eigenvalue weighted by molar-refractivity contribution is 0.0746. The molecular formula is C16H18N2O2. The van der Waals surface area contributed by atoms with Gasteiger partial charge >= 0.3 is 0 Å². The molecule has 2 heterocycles. The molecule has 1 fully saturated rings. The molecule has 0 bridgehead atoms. The van der Waals surface area contributed by atoms with Gasteiger partial charge in [-0.15, -0.1) is 0 Å². The Morgan fingerprint density at radius 1 is 1.15 bits per heavy atom. The van der Waals surface area contributed by atoms with Crippen molar-refractivity contribution in [3.8, 4) is 0 Å². The number of benzene rings is 1. The van der Waals surface area contributed by atoms with Gasteiger partial charge in [-0.3, -0.25) is 4.79 Å². The molecule has 0 radical (unpaired) electrons. The molecule has 1 aromatic heterocycles. The second-order valence-electron chi connectivity index (χ2n) is 5.13. The van der Waals surface area contributed by atoms with Gasteiger partial charge in [-0.25, -0.2) is 0 Å². The van der Waals surface area contributed by atoms with Gasteiger partial charge in [0.15, 0.2) is 0 Å². The van der Waals surface area contributed by atoms with Crippen LogP contribution in [-0.4, -0.2) is 37.0 Å². The SMILES string of the molecule is Cc1cccc(N2CCN(C(=O)c3ccoc3)CC2)c1. The summed E-state index contributed by atoms with van der Waals surface area (Å²) in [4.78, 5) is 16.4. The maximum atomic E-state index is 12.2. The molecule has 104 valence electrons. The lowest BCUT2D eigenvalue weighted by Gasteiger charge is -2.36. The molecule has 1 amide bonds. The largest absolute Gasteiger partial charge is 0.472 e. The first-order valence-corrected chi connectivity index (χ1v) is 6.87. The number of nitrogens with zero attached hydrogens (tertiary/aromatic N) is 2. The molecule has 0 saturated carbocycles. The van der Waals surface area contributed by atoms with E-state index in [-0.39, 0.29) is 5.91 Å². The minimum Gasteiger partial charge on any atom is -0.472 e. The van der Waals surface area contributed by atoms with Crippen LogP contribution in [0.4, 0.5) is 5.69 Å². The highest BCUT2D eigenvalue weighted by atomic mass is 16.3. The lowest BCUT2D eigenvalue weighted by Crippen LogP contribution is -2.48. The number of amides is 1. The highest BCUT2D eigenvalue weighted by Gasteiger charge is 2.22. The van der Waals surface area contributed by atoms with Crippen LogP contribution in [-0.2, 0) is 0 Å². The summed E-state index contributed by atoms with van der Waals surface area (Å²) in [5.41, 5.74) is 3.13. The summed E-state index contributed by atoms with van der Waals surface area (Å²) in [6.07, 6.45) is 3.05. The molecule has 4 heteroatoms. The summed E-state index contributed by atoms with van der Waals surface area (Å²) >= 11 is 0. The smallest absolute Gasteiger partial charge is 0.257 e. The summed E-state index contributed by atoms with van der Waals surface area (Å²) < 4.78 is 4.97. The number of furan rings is 1. The van der Waals surface area contributed by atoms with Gasteiger partial charge in [0.25, 0.3) is 5.91 Å². The van der Waals surface area contributed by atoms with Crippen molar-refractivity contribution in [3.05, 3.63) is 54.0 Å². The molecule has 1 aliphatic rings. The summed E-state index contributed by atoms with van der Waals surface area (Å²) in [7, 11) is 0. The lowest BCUT2D eigenvalue weighted by atomic mass is 10.2. The number of hydrogen-bond acceptors (Lipinski definition) is 3. The van der Waals surface area contributed by atoms with Crippen LogP contribution in [0.15, 0.2) is 47.3 Å². The van der Waals surface area contributed by atoms with E-state index >= 15 is 0 Å². The maximum absolute atomic E-state index is 12.2. The van der Waals surface area contributed by atoms with Gasteiger partial charge in [-0.05, 0) is 30.7 Å². The van der Waals surface area contributed by atoms with Gasteiger partial charge in [-0.1, -0.05) is 12.1 Å². The molecule has 0 unspecified atom stereocenters. The van der Waals surface area contributed by atoms with Gasteiger partial charge in [-0.2, -0.15) is 0 Å². The van der Waals surface area contributed by atoms with Crippen molar-refractivity contribution >= 4 is 11.6 Å². The third-order valence-corrected chi connectivity index (χ3v) is 3.70. The zero-order valence-electron chi connectivity index (χ0n) is 11.6. The van der Waals surface area contributed by atoms with E-state index in [9.17, 15) is 4.79 Å². The number of piperazine rings is 1. The standard InChI is InChI=1S/C16H18N2O2/c1-13-3-2-4-15(11-13)17-6-8-18(9-7-17)16(19)14-5-10-20-12-14/h2-5,10-12H,6-9H2,1H3. The molecular weight excluding hydrogens is 252 g/mol. The Morgan fingerprint density at radius 3 is 2.60 bits per heavy atom. The first-order valence-electron chi connectivity index (χ1n) is 6.87. The number of anilines is 1. The number of aryl methyl sites for hydroxylation is 1. The van der Waals surface area contributed by atoms with E-state index in [1.54, 1.807) is 6.07 Å². The van der Waals surface area contributed by atoms with Gasteiger partial charge in [0.1, 0.15) is 6.26 Å². The number of hydrogen-bond donors (Lipinski definition) is 0. The van der Waals surface area contributed by atoms with Crippen LogP contribution in [0.1, 0.15) is 15.9 Å². The van der Waals surface area contributed by atoms with E-state index in [1.165, 1.54) is 23.8 Å². The van der Waals surface area contributed by atoms with E-state index in [2.05, 4.69) is 36.1 Å². The Kier molecular flexibility index (Phi) is 3.46. The van der Waals surface area contributed by atoms with Gasteiger partial charge in [0, 0.05) is 31.9 Å². The monoisotopic (exact) mass is 270 g/mol. The summed E-state index contributed by atoms with van der Waals surface area (Å²) in [5.74, 6) is 0.0580. The minimum atomic E-state index is 0.0580. The Labute approximate surface area is 118 Å². The highest BCUT2D eigenvalue weighted by Crippen LogP contribution is 2.18. The number of rotatable bonds is 2. The zero-order chi connectivity index (χ0) is 13.9. The van der Waals surface area contributed by atoms with E-state index in [0.717, 1.165) is 26.2 Å². The van der Waals surface area contributed by atoms with Crippen molar-refractivity contribution < 1.29 is 9.21 Å². The predicted molar refractivity (Wildman–Crippen MR) is 78.0 cm³/mol. The molecule has 1 aliphatic heterocycles. The van der Waals surface area contributed by atoms with Crippen LogP contribution in [0.3, 0.4) is 0 Å². The predicted octanol–water partition coefficient (Wildman–Crippen LogP) is 2.55. The topological polar surface area (TPSA) is 36.7 Å². The van der Waals surface area contributed by atoms with Crippen LogP contribution in [0.5, 0.6) is 0 Å². The minimum absolute atomic E-state index is 0.0580. The molecule has 0 spiro atoms. The van der Waals surface area contributed by atoms with Crippen molar-refractivity contribution in [2.45, 2.75) is 6.92 Å². The van der Waals surface area contributed by atoms with Crippen molar-refractivity contribution in [2.75, 3.05) is 31.1 Å². The molecule has 3 rings (SSSR count). The summed E-state index contributed by atoms with van der Waals surface area (Å²) in [6.45, 7) is 5.33. The van der Waals surface area contributed by atoms with Gasteiger partial charge in [0.05, 0.1) is 11.8 Å². The van der Waals surface area contributed by atoms with E-state index in [0.29, 0.717) is 5.56 Å². The third-order valence-electron chi connectivity index (χ3n) is 3.70. The highest BCUT2D eigenvalue weighted by molar-refractivity contribution is 5.94. The summed E-state index contributed by atoms with van der Waals surface area (Å²) in [6, 6.07) is 10.2. The average Bonchev–Trinajstić information content (AvgIpc) is 3.01. The van der Waals surface area contributed by atoms with Gasteiger partial charge in [0.2, 0.25) is 0 Å². The molecule has 1 saturated heterocycles. The first-order chi connectivity index (χ1) is 9.74. The maximum Gasteiger partial charge on any atom is 0.257 e. The van der Waals surface area contributed by atoms with Crippen LogP contribution in [0.25, 0.3) is 0 Å². The Balaban J connectivity index is 1.64. The molecule has 2 aromatic rings. The van der Waals surface area contributed by atoms with Crippen molar-refractivity contribution in [3.63, 3.8) is 0 Å². The Hall–Kier alpha value is -2.23. The fourth-order valence-corrected chi connectivity index (χ4v) is 2.56. The van der Waals surface area contributed by atoms with Crippen LogP contribution in [0, 0.1) is 6.92 Å². The van der Waals surface area contributed by atoms with Crippen molar-refractivity contribution in [2.24, 2.45) is 0 Å². The molecule has 0 N–H and O–H groups in total. The average molecular weight is 270 g/mol. The fourth-order valence-electron chi connectivity index (χ4n) is 2.56. The molecule has 1 aromatic carbocycles.